The van der Waals surface area contributed by atoms with Crippen LogP contribution >= 0.6 is 15.9 Å². The molecule has 2 N–H and O–H groups in total. The summed E-state index contributed by atoms with van der Waals surface area (Å²) >= 11 is 3.35. The number of hydrogen-bond acceptors (Lipinski definition) is 1. The highest BCUT2D eigenvalue weighted by molar-refractivity contribution is 9.10. The molecule has 1 unspecified atom stereocenters. The summed E-state index contributed by atoms with van der Waals surface area (Å²) in [5.41, 5.74) is 7.48. The Hall–Kier alpha value is -1.26. The molecule has 0 saturated heterocycles. The third-order valence-corrected chi connectivity index (χ3v) is 3.50. The standard InChI is InChI=1S/C14H12BrF2N/c15-13-5-4-12(17)7-10(13)8-14(18)9-2-1-3-11(16)6-9/h1-7,14H,8,18H2. The van der Waals surface area contributed by atoms with Gasteiger partial charge in [0.15, 0.2) is 0 Å². The molecule has 0 spiro atoms. The zero-order valence-corrected chi connectivity index (χ0v) is 11.1. The fraction of sp³-hybridized carbons (Fsp3) is 0.143. The number of benzene rings is 2. The first-order valence-corrected chi connectivity index (χ1v) is 6.30. The highest BCUT2D eigenvalue weighted by Crippen LogP contribution is 2.23. The van der Waals surface area contributed by atoms with Crippen LogP contribution < -0.4 is 5.73 Å². The smallest absolute Gasteiger partial charge is 0.123 e. The van der Waals surface area contributed by atoms with Crippen LogP contribution in [0.25, 0.3) is 0 Å². The first-order chi connectivity index (χ1) is 8.56. The van der Waals surface area contributed by atoms with Crippen LogP contribution in [-0.4, -0.2) is 0 Å². The van der Waals surface area contributed by atoms with Crippen LogP contribution in [-0.2, 0) is 6.42 Å². The van der Waals surface area contributed by atoms with E-state index in [1.807, 2.05) is 0 Å². The Balaban J connectivity index is 2.21. The normalized spacial score (nSPS) is 12.4. The number of nitrogens with two attached hydrogens (primary N) is 1. The van der Waals surface area contributed by atoms with Gasteiger partial charge in [-0.05, 0) is 47.9 Å². The Labute approximate surface area is 113 Å². The second-order valence-corrected chi connectivity index (χ2v) is 4.96. The third kappa shape index (κ3) is 3.15. The highest BCUT2D eigenvalue weighted by Gasteiger charge is 2.10. The molecule has 0 aliphatic rings. The average Bonchev–Trinajstić information content (AvgIpc) is 2.34. The van der Waals surface area contributed by atoms with E-state index < -0.39 is 0 Å². The molecule has 0 aromatic heterocycles. The maximum atomic E-state index is 13.1. The lowest BCUT2D eigenvalue weighted by Crippen LogP contribution is -2.14. The molecule has 4 heteroatoms. The Morgan fingerprint density at radius 1 is 1.06 bits per heavy atom. The number of hydrogen-bond donors (Lipinski definition) is 1. The SMILES string of the molecule is NC(Cc1cc(F)ccc1Br)c1cccc(F)c1. The lowest BCUT2D eigenvalue weighted by molar-refractivity contribution is 0.613. The molecule has 2 aromatic carbocycles. The summed E-state index contributed by atoms with van der Waals surface area (Å²) in [6, 6.07) is 10.2. The van der Waals surface area contributed by atoms with Gasteiger partial charge in [-0.25, -0.2) is 8.78 Å². The average molecular weight is 312 g/mol. The maximum Gasteiger partial charge on any atom is 0.123 e. The van der Waals surface area contributed by atoms with Crippen LogP contribution in [0.3, 0.4) is 0 Å². The molecule has 0 fully saturated rings. The zero-order valence-electron chi connectivity index (χ0n) is 9.54. The lowest BCUT2D eigenvalue weighted by Gasteiger charge is -2.13. The van der Waals surface area contributed by atoms with Crippen molar-refractivity contribution in [3.63, 3.8) is 0 Å². The Kier molecular flexibility index (Phi) is 4.09. The molecule has 94 valence electrons. The monoisotopic (exact) mass is 311 g/mol. The van der Waals surface area contributed by atoms with Crippen LogP contribution in [0.5, 0.6) is 0 Å². The number of halogens is 3. The van der Waals surface area contributed by atoms with Gasteiger partial charge in [0.25, 0.3) is 0 Å². The molecule has 2 rings (SSSR count). The van der Waals surface area contributed by atoms with Gasteiger partial charge in [0.05, 0.1) is 0 Å². The predicted molar refractivity (Wildman–Crippen MR) is 71.1 cm³/mol. The van der Waals surface area contributed by atoms with Crippen molar-refractivity contribution in [3.05, 3.63) is 69.7 Å². The second-order valence-electron chi connectivity index (χ2n) is 4.10. The van der Waals surface area contributed by atoms with E-state index in [9.17, 15) is 8.78 Å². The molecule has 1 atom stereocenters. The van der Waals surface area contributed by atoms with Crippen molar-refractivity contribution in [2.45, 2.75) is 12.5 Å². The van der Waals surface area contributed by atoms with Crippen molar-refractivity contribution in [1.82, 2.24) is 0 Å². The molecule has 18 heavy (non-hydrogen) atoms. The van der Waals surface area contributed by atoms with Crippen LogP contribution in [0.2, 0.25) is 0 Å². The minimum Gasteiger partial charge on any atom is -0.324 e. The van der Waals surface area contributed by atoms with E-state index in [4.69, 9.17) is 5.73 Å². The summed E-state index contributed by atoms with van der Waals surface area (Å²) in [4.78, 5) is 0. The molecular formula is C14H12BrF2N. The Bertz CT molecular complexity index is 557. The molecule has 0 heterocycles. The summed E-state index contributed by atoms with van der Waals surface area (Å²) in [7, 11) is 0. The van der Waals surface area contributed by atoms with E-state index in [-0.39, 0.29) is 17.7 Å². The van der Waals surface area contributed by atoms with Crippen LogP contribution in [0.4, 0.5) is 8.78 Å². The van der Waals surface area contributed by atoms with Gasteiger partial charge in [0.1, 0.15) is 11.6 Å². The topological polar surface area (TPSA) is 26.0 Å². The van der Waals surface area contributed by atoms with Crippen LogP contribution in [0, 0.1) is 11.6 Å². The van der Waals surface area contributed by atoms with Gasteiger partial charge in [-0.15, -0.1) is 0 Å². The van der Waals surface area contributed by atoms with Crippen molar-refractivity contribution in [1.29, 1.82) is 0 Å². The zero-order chi connectivity index (χ0) is 13.1. The highest BCUT2D eigenvalue weighted by atomic mass is 79.9. The molecule has 2 aromatic rings. The summed E-state index contributed by atoms with van der Waals surface area (Å²) in [6.07, 6.45) is 0.446. The van der Waals surface area contributed by atoms with Gasteiger partial charge in [-0.3, -0.25) is 0 Å². The van der Waals surface area contributed by atoms with Crippen LogP contribution in [0.15, 0.2) is 46.9 Å². The Morgan fingerprint density at radius 2 is 1.78 bits per heavy atom. The predicted octanol–water partition coefficient (Wildman–Crippen LogP) is 3.97. The first kappa shape index (κ1) is 13.2. The first-order valence-electron chi connectivity index (χ1n) is 5.51. The van der Waals surface area contributed by atoms with Gasteiger partial charge in [0, 0.05) is 10.5 Å². The summed E-state index contributed by atoms with van der Waals surface area (Å²) in [5, 5.41) is 0. The van der Waals surface area contributed by atoms with Crippen molar-refractivity contribution in [2.24, 2.45) is 5.73 Å². The molecule has 0 saturated carbocycles. The number of rotatable bonds is 3. The van der Waals surface area contributed by atoms with Gasteiger partial charge in [-0.1, -0.05) is 28.1 Å². The van der Waals surface area contributed by atoms with E-state index in [2.05, 4.69) is 15.9 Å². The van der Waals surface area contributed by atoms with Crippen LogP contribution in [0.1, 0.15) is 17.2 Å². The largest absolute Gasteiger partial charge is 0.324 e. The fourth-order valence-electron chi connectivity index (χ4n) is 1.79. The van der Waals surface area contributed by atoms with Crippen molar-refractivity contribution < 1.29 is 8.78 Å². The van der Waals surface area contributed by atoms with Crippen molar-refractivity contribution in [3.8, 4) is 0 Å². The molecule has 0 bridgehead atoms. The molecule has 0 aliphatic carbocycles. The fourth-order valence-corrected chi connectivity index (χ4v) is 2.20. The summed E-state index contributed by atoms with van der Waals surface area (Å²) in [5.74, 6) is -0.624. The van der Waals surface area contributed by atoms with Crippen molar-refractivity contribution in [2.75, 3.05) is 0 Å². The van der Waals surface area contributed by atoms with Gasteiger partial charge >= 0.3 is 0 Å². The quantitative estimate of drug-likeness (QED) is 0.912. The molecule has 0 amide bonds. The third-order valence-electron chi connectivity index (χ3n) is 2.72. The summed E-state index contributed by atoms with van der Waals surface area (Å²) < 4.78 is 27.0. The Morgan fingerprint density at radius 3 is 2.50 bits per heavy atom. The molecule has 1 nitrogen and oxygen atoms in total. The minimum absolute atomic E-state index is 0.306. The second kappa shape index (κ2) is 5.59. The molecular weight excluding hydrogens is 300 g/mol. The van der Waals surface area contributed by atoms with E-state index in [0.29, 0.717) is 12.0 Å². The lowest BCUT2D eigenvalue weighted by atomic mass is 9.99. The summed E-state index contributed by atoms with van der Waals surface area (Å²) in [6.45, 7) is 0. The van der Waals surface area contributed by atoms with E-state index >= 15 is 0 Å². The molecule has 0 aliphatic heterocycles. The van der Waals surface area contributed by atoms with Gasteiger partial charge in [0.2, 0.25) is 0 Å². The van der Waals surface area contributed by atoms with Gasteiger partial charge < -0.3 is 5.73 Å². The minimum atomic E-state index is -0.362. The maximum absolute atomic E-state index is 13.1. The molecule has 0 radical (unpaired) electrons. The van der Waals surface area contributed by atoms with Gasteiger partial charge in [-0.2, -0.15) is 0 Å². The van der Waals surface area contributed by atoms with E-state index in [1.165, 1.54) is 24.3 Å². The van der Waals surface area contributed by atoms with E-state index in [1.54, 1.807) is 18.2 Å². The van der Waals surface area contributed by atoms with Crippen molar-refractivity contribution >= 4 is 15.9 Å². The van der Waals surface area contributed by atoms with E-state index in [0.717, 1.165) is 10.0 Å².